The minimum Gasteiger partial charge on any atom is -0.410 e. The Morgan fingerprint density at radius 2 is 1.70 bits per heavy atom. The third-order valence-electron chi connectivity index (χ3n) is 12.0. The van der Waals surface area contributed by atoms with E-state index in [1.54, 1.807) is 23.1 Å². The van der Waals surface area contributed by atoms with Crippen LogP contribution in [0.4, 0.5) is 0 Å². The quantitative estimate of drug-likeness (QED) is 0.100. The normalized spacial score (nSPS) is 29.8. The molecule has 2 fully saturated rings. The van der Waals surface area contributed by atoms with Gasteiger partial charge in [-0.3, -0.25) is 4.79 Å². The van der Waals surface area contributed by atoms with Crippen LogP contribution in [0.1, 0.15) is 121 Å². The first kappa shape index (κ1) is 39.2. The van der Waals surface area contributed by atoms with Crippen LogP contribution in [-0.4, -0.2) is 46.0 Å². The molecule has 0 N–H and O–H groups in total. The highest BCUT2D eigenvalue weighted by Gasteiger charge is 2.53. The summed E-state index contributed by atoms with van der Waals surface area (Å²) >= 11 is 0. The van der Waals surface area contributed by atoms with E-state index >= 15 is 0 Å². The smallest absolute Gasteiger partial charge is 0.243 e. The number of fused-ring (bicyclic) bond motifs is 1. The fourth-order valence-electron chi connectivity index (χ4n) is 7.11. The highest BCUT2D eigenvalue weighted by atomic mass is 28.4. The van der Waals surface area contributed by atoms with E-state index in [4.69, 9.17) is 20.3 Å². The molecule has 3 rings (SSSR count). The second-order valence-electron chi connectivity index (χ2n) is 18.2. The van der Waals surface area contributed by atoms with Crippen molar-refractivity contribution in [3.63, 3.8) is 0 Å². The third kappa shape index (κ3) is 8.48. The van der Waals surface area contributed by atoms with Gasteiger partial charge in [-0.2, -0.15) is 0 Å². The zero-order chi connectivity index (χ0) is 35.1. The molecule has 0 unspecified atom stereocenters. The molecule has 0 heterocycles. The Balaban J connectivity index is 2.18. The minimum absolute atomic E-state index is 0.0302. The highest BCUT2D eigenvalue weighted by molar-refractivity contribution is 6.74. The van der Waals surface area contributed by atoms with Crippen molar-refractivity contribution in [2.45, 2.75) is 169 Å². The van der Waals surface area contributed by atoms with Crippen molar-refractivity contribution >= 4 is 22.5 Å². The number of rotatable bonds is 10. The summed E-state index contributed by atoms with van der Waals surface area (Å²) in [5.41, 5.74) is 5.58. The lowest BCUT2D eigenvalue weighted by atomic mass is 9.64. The summed E-state index contributed by atoms with van der Waals surface area (Å²) in [5.74, 6) is -0.339. The zero-order valence-corrected chi connectivity index (χ0v) is 34.4. The predicted octanol–water partition coefficient (Wildman–Crippen LogP) is 11.3. The summed E-state index contributed by atoms with van der Waals surface area (Å²) < 4.78 is 14.5. The van der Waals surface area contributed by atoms with Crippen LogP contribution < -0.4 is 0 Å². The summed E-state index contributed by atoms with van der Waals surface area (Å²) in [6.07, 6.45) is 13.9. The summed E-state index contributed by atoms with van der Waals surface area (Å²) in [5, 5.41) is 1.54. The van der Waals surface area contributed by atoms with E-state index in [9.17, 15) is 4.79 Å². The van der Waals surface area contributed by atoms with Crippen LogP contribution in [0.2, 0.25) is 36.3 Å². The number of hydrogen-bond donors (Lipinski definition) is 0. The molecule has 3 aliphatic carbocycles. The van der Waals surface area contributed by atoms with E-state index in [-0.39, 0.29) is 33.4 Å². The SMILES string of the molecule is C=C1C(=CC=C2CCC[C@]3(C)C(CC)=CC[C@@H]23)C[C@@](ON(CC(C)C)C(C)=O)(O[Si](C)(C)C(C)(C)C)C[C@@H]1O[Si](C)(C)C(C)(C)C. The first-order valence-corrected chi connectivity index (χ1v) is 23.8. The molecule has 0 aromatic heterocycles. The van der Waals surface area contributed by atoms with Gasteiger partial charge >= 0.3 is 0 Å². The van der Waals surface area contributed by atoms with Crippen LogP contribution in [0.3, 0.4) is 0 Å². The van der Waals surface area contributed by atoms with Crippen molar-refractivity contribution in [2.24, 2.45) is 17.3 Å². The lowest BCUT2D eigenvalue weighted by Gasteiger charge is -2.51. The van der Waals surface area contributed by atoms with Crippen molar-refractivity contribution in [3.05, 3.63) is 47.1 Å². The van der Waals surface area contributed by atoms with Crippen LogP contribution >= 0.6 is 0 Å². The van der Waals surface area contributed by atoms with Gasteiger partial charge in [0.05, 0.1) is 12.6 Å². The molecular formula is C39H69NO4Si2. The van der Waals surface area contributed by atoms with Gasteiger partial charge in [0, 0.05) is 19.8 Å². The summed E-state index contributed by atoms with van der Waals surface area (Å²) in [4.78, 5) is 20.0. The first-order valence-electron chi connectivity index (χ1n) is 18.0. The molecule has 0 bridgehead atoms. The Bertz CT molecular complexity index is 1230. The Labute approximate surface area is 285 Å². The van der Waals surface area contributed by atoms with Crippen molar-refractivity contribution in [3.8, 4) is 0 Å². The number of hydrogen-bond acceptors (Lipinski definition) is 4. The van der Waals surface area contributed by atoms with Gasteiger partial charge in [-0.15, -0.1) is 0 Å². The third-order valence-corrected chi connectivity index (χ3v) is 21.0. The van der Waals surface area contributed by atoms with Gasteiger partial charge in [-0.05, 0) is 96.8 Å². The molecule has 7 heteroatoms. The zero-order valence-electron chi connectivity index (χ0n) is 32.4. The van der Waals surface area contributed by atoms with Gasteiger partial charge in [-0.1, -0.05) is 105 Å². The summed E-state index contributed by atoms with van der Waals surface area (Å²) in [6, 6.07) is 0. The monoisotopic (exact) mass is 671 g/mol. The molecule has 2 saturated carbocycles. The van der Waals surface area contributed by atoms with Gasteiger partial charge in [0.25, 0.3) is 0 Å². The molecule has 0 spiro atoms. The van der Waals surface area contributed by atoms with Gasteiger partial charge in [0.15, 0.2) is 22.4 Å². The molecule has 4 atom stereocenters. The largest absolute Gasteiger partial charge is 0.410 e. The molecule has 1 amide bonds. The predicted molar refractivity (Wildman–Crippen MR) is 199 cm³/mol. The van der Waals surface area contributed by atoms with Gasteiger partial charge in [0.1, 0.15) is 0 Å². The highest BCUT2D eigenvalue weighted by Crippen LogP contribution is 2.56. The van der Waals surface area contributed by atoms with Gasteiger partial charge in [-0.25, -0.2) is 9.90 Å². The first-order chi connectivity index (χ1) is 20.9. The maximum absolute atomic E-state index is 13.1. The molecule has 5 nitrogen and oxygen atoms in total. The van der Waals surface area contributed by atoms with E-state index in [1.807, 2.05) is 0 Å². The van der Waals surface area contributed by atoms with Gasteiger partial charge in [0.2, 0.25) is 5.91 Å². The number of nitrogens with zero attached hydrogens (tertiary/aromatic N) is 1. The summed E-state index contributed by atoms with van der Waals surface area (Å²) in [6.45, 7) is 38.6. The molecule has 262 valence electrons. The Morgan fingerprint density at radius 1 is 1.09 bits per heavy atom. The molecule has 0 aliphatic heterocycles. The van der Waals surface area contributed by atoms with E-state index < -0.39 is 22.4 Å². The molecule has 0 aromatic carbocycles. The fourth-order valence-corrected chi connectivity index (χ4v) is 9.83. The van der Waals surface area contributed by atoms with Crippen LogP contribution in [0.25, 0.3) is 0 Å². The second-order valence-corrected chi connectivity index (χ2v) is 27.7. The van der Waals surface area contributed by atoms with Crippen molar-refractivity contribution in [1.29, 1.82) is 0 Å². The number of carbonyl (C=O) groups excluding carboxylic acids is 1. The molecule has 0 saturated heterocycles. The lowest BCUT2D eigenvalue weighted by molar-refractivity contribution is -0.318. The Kier molecular flexibility index (Phi) is 11.9. The number of hydroxylamine groups is 2. The van der Waals surface area contributed by atoms with Crippen LogP contribution in [0, 0.1) is 17.3 Å². The molecule has 0 aromatic rings. The molecule has 3 aliphatic rings. The van der Waals surface area contributed by atoms with E-state index in [1.165, 1.54) is 12.8 Å². The number of amides is 1. The van der Waals surface area contributed by atoms with Gasteiger partial charge < -0.3 is 8.85 Å². The van der Waals surface area contributed by atoms with Crippen molar-refractivity contribution < 1.29 is 18.5 Å². The average Bonchev–Trinajstić information content (AvgIpc) is 3.24. The maximum atomic E-state index is 13.1. The van der Waals surface area contributed by atoms with E-state index in [0.717, 1.165) is 30.4 Å². The maximum Gasteiger partial charge on any atom is 0.243 e. The van der Waals surface area contributed by atoms with Crippen LogP contribution in [-0.2, 0) is 18.5 Å². The van der Waals surface area contributed by atoms with E-state index in [2.05, 4.69) is 114 Å². The lowest BCUT2D eigenvalue weighted by Crippen LogP contribution is -2.58. The van der Waals surface area contributed by atoms with Crippen LogP contribution in [0.15, 0.2) is 47.1 Å². The molecular weight excluding hydrogens is 603 g/mol. The number of carbonyl (C=O) groups is 1. The standard InChI is InChI=1S/C39H69NO4Si2/c1-17-33-22-23-34-31(19-18-24-38(33,34)12)20-21-32-25-39(44-46(15,16)37(9,10)11,43-40(30(5)41)27-28(2)3)26-35(29(32)4)42-45(13,14)36(6,7)8/h20-22,28,34-35H,4,17-19,23-27H2,1-3,5-16H3/t34-,35-,38+,39+/m0/s1. The Morgan fingerprint density at radius 3 is 2.22 bits per heavy atom. The Hall–Kier alpha value is -1.26. The summed E-state index contributed by atoms with van der Waals surface area (Å²) in [7, 11) is -4.56. The number of allylic oxidation sites excluding steroid dienone is 5. The molecule has 0 radical (unpaired) electrons. The van der Waals surface area contributed by atoms with E-state index in [0.29, 0.717) is 25.3 Å². The topological polar surface area (TPSA) is 48.0 Å². The second kappa shape index (κ2) is 13.9. The average molecular weight is 672 g/mol. The van der Waals surface area contributed by atoms with Crippen LogP contribution in [0.5, 0.6) is 0 Å². The van der Waals surface area contributed by atoms with Crippen molar-refractivity contribution in [2.75, 3.05) is 6.54 Å². The minimum atomic E-state index is -2.36. The van der Waals surface area contributed by atoms with Crippen molar-refractivity contribution in [1.82, 2.24) is 5.06 Å². The fraction of sp³-hybridized carbons (Fsp3) is 0.769. The molecule has 46 heavy (non-hydrogen) atoms.